The molecular weight excluding hydrogens is 221 g/mol. The molecule has 0 aliphatic rings. The molecule has 0 spiro atoms. The Labute approximate surface area is 91.0 Å². The summed E-state index contributed by atoms with van der Waals surface area (Å²) >= 11 is 0. The fourth-order valence-corrected chi connectivity index (χ4v) is 1.11. The summed E-state index contributed by atoms with van der Waals surface area (Å²) in [6.45, 7) is -0.0288. The van der Waals surface area contributed by atoms with Gasteiger partial charge in [-0.25, -0.2) is 0 Å². The first kappa shape index (κ1) is 12.5. The summed E-state index contributed by atoms with van der Waals surface area (Å²) in [7, 11) is 0. The number of benzene rings is 1. The number of ether oxygens (including phenoxy) is 1. The Morgan fingerprint density at radius 1 is 1.19 bits per heavy atom. The van der Waals surface area contributed by atoms with Crippen LogP contribution in [-0.4, -0.2) is 18.6 Å². The average molecular weight is 232 g/mol. The maximum absolute atomic E-state index is 11.8. The van der Waals surface area contributed by atoms with Gasteiger partial charge in [0.1, 0.15) is 18.0 Å². The number of para-hydroxylation sites is 1. The van der Waals surface area contributed by atoms with Gasteiger partial charge in [0.25, 0.3) is 0 Å². The number of Topliss-reactive ketones (excluding diaryl/α,β-unsaturated/α-hetero) is 1. The Morgan fingerprint density at radius 3 is 2.38 bits per heavy atom. The van der Waals surface area contributed by atoms with E-state index in [1.165, 1.54) is 0 Å². The van der Waals surface area contributed by atoms with Gasteiger partial charge in [-0.05, 0) is 12.1 Å². The summed E-state index contributed by atoms with van der Waals surface area (Å²) in [5.74, 6) is -0.314. The van der Waals surface area contributed by atoms with Gasteiger partial charge in [-0.2, -0.15) is 13.2 Å². The highest BCUT2D eigenvalue weighted by molar-refractivity contribution is 5.79. The van der Waals surface area contributed by atoms with E-state index >= 15 is 0 Å². The third-order valence-corrected chi connectivity index (χ3v) is 1.79. The summed E-state index contributed by atoms with van der Waals surface area (Å²) in [4.78, 5) is 10.8. The molecular formula is C11H11F3O2. The lowest BCUT2D eigenvalue weighted by molar-refractivity contribution is -0.152. The number of rotatable bonds is 5. The second kappa shape index (κ2) is 5.53. The summed E-state index contributed by atoms with van der Waals surface area (Å²) in [6.07, 6.45) is -6.04. The van der Waals surface area contributed by atoms with Gasteiger partial charge < -0.3 is 4.74 Å². The number of halogens is 3. The van der Waals surface area contributed by atoms with E-state index in [0.717, 1.165) is 0 Å². The van der Waals surface area contributed by atoms with Gasteiger partial charge in [-0.15, -0.1) is 0 Å². The standard InChI is InChI=1S/C11H11F3O2/c12-11(13,14)8-9(15)6-7-16-10-4-2-1-3-5-10/h1-5H,6-8H2. The van der Waals surface area contributed by atoms with Crippen LogP contribution in [0.25, 0.3) is 0 Å². The van der Waals surface area contributed by atoms with Crippen LogP contribution in [0, 0.1) is 0 Å². The summed E-state index contributed by atoms with van der Waals surface area (Å²) in [5, 5.41) is 0. The van der Waals surface area contributed by atoms with Crippen LogP contribution in [0.1, 0.15) is 12.8 Å². The molecule has 16 heavy (non-hydrogen) atoms. The van der Waals surface area contributed by atoms with E-state index in [0.29, 0.717) is 5.75 Å². The van der Waals surface area contributed by atoms with Crippen LogP contribution in [0.3, 0.4) is 0 Å². The number of alkyl halides is 3. The van der Waals surface area contributed by atoms with E-state index < -0.39 is 18.4 Å². The summed E-state index contributed by atoms with van der Waals surface area (Å²) in [6, 6.07) is 8.63. The molecule has 0 bridgehead atoms. The van der Waals surface area contributed by atoms with E-state index in [9.17, 15) is 18.0 Å². The lowest BCUT2D eigenvalue weighted by Gasteiger charge is -2.06. The first-order valence-electron chi connectivity index (χ1n) is 4.74. The quantitative estimate of drug-likeness (QED) is 0.780. The predicted molar refractivity (Wildman–Crippen MR) is 52.2 cm³/mol. The van der Waals surface area contributed by atoms with Crippen molar-refractivity contribution < 1.29 is 22.7 Å². The van der Waals surface area contributed by atoms with Gasteiger partial charge in [-0.3, -0.25) is 4.79 Å². The second-order valence-corrected chi connectivity index (χ2v) is 3.24. The minimum Gasteiger partial charge on any atom is -0.493 e. The molecule has 0 radical (unpaired) electrons. The second-order valence-electron chi connectivity index (χ2n) is 3.24. The van der Waals surface area contributed by atoms with Crippen molar-refractivity contribution in [2.45, 2.75) is 19.0 Å². The number of hydrogen-bond acceptors (Lipinski definition) is 2. The molecule has 0 unspecified atom stereocenters. The van der Waals surface area contributed by atoms with Gasteiger partial charge in [0.2, 0.25) is 0 Å². The van der Waals surface area contributed by atoms with E-state index in [-0.39, 0.29) is 13.0 Å². The molecule has 0 N–H and O–H groups in total. The zero-order valence-corrected chi connectivity index (χ0v) is 8.46. The summed E-state index contributed by atoms with van der Waals surface area (Å²) < 4.78 is 40.5. The Morgan fingerprint density at radius 2 is 1.81 bits per heavy atom. The molecule has 0 heterocycles. The number of hydrogen-bond donors (Lipinski definition) is 0. The molecule has 88 valence electrons. The van der Waals surface area contributed by atoms with Crippen molar-refractivity contribution in [2.24, 2.45) is 0 Å². The molecule has 0 aliphatic carbocycles. The Bertz CT molecular complexity index is 333. The zero-order chi connectivity index (χ0) is 12.0. The van der Waals surface area contributed by atoms with Crippen molar-refractivity contribution in [2.75, 3.05) is 6.61 Å². The average Bonchev–Trinajstić information content (AvgIpc) is 2.16. The van der Waals surface area contributed by atoms with Crippen LogP contribution in [0.2, 0.25) is 0 Å². The van der Waals surface area contributed by atoms with Gasteiger partial charge in [0, 0.05) is 6.42 Å². The highest BCUT2D eigenvalue weighted by atomic mass is 19.4. The molecule has 0 aliphatic heterocycles. The van der Waals surface area contributed by atoms with Crippen molar-refractivity contribution in [3.63, 3.8) is 0 Å². The lowest BCUT2D eigenvalue weighted by Crippen LogP contribution is -2.16. The largest absolute Gasteiger partial charge is 0.493 e. The zero-order valence-electron chi connectivity index (χ0n) is 8.46. The van der Waals surface area contributed by atoms with Crippen molar-refractivity contribution in [3.8, 4) is 5.75 Å². The fraction of sp³-hybridized carbons (Fsp3) is 0.364. The van der Waals surface area contributed by atoms with Crippen molar-refractivity contribution in [1.29, 1.82) is 0 Å². The molecule has 0 atom stereocenters. The number of carbonyl (C=O) groups is 1. The Balaban J connectivity index is 2.24. The van der Waals surface area contributed by atoms with E-state index in [1.807, 2.05) is 0 Å². The van der Waals surface area contributed by atoms with Gasteiger partial charge in [-0.1, -0.05) is 18.2 Å². The maximum Gasteiger partial charge on any atom is 0.395 e. The predicted octanol–water partition coefficient (Wildman–Crippen LogP) is 2.98. The molecule has 0 aromatic heterocycles. The lowest BCUT2D eigenvalue weighted by atomic mass is 10.2. The van der Waals surface area contributed by atoms with Crippen LogP contribution in [-0.2, 0) is 4.79 Å². The Hall–Kier alpha value is -1.52. The van der Waals surface area contributed by atoms with Crippen molar-refractivity contribution >= 4 is 5.78 Å². The third kappa shape index (κ3) is 5.38. The minimum atomic E-state index is -4.43. The molecule has 2 nitrogen and oxygen atoms in total. The van der Waals surface area contributed by atoms with E-state index in [4.69, 9.17) is 4.74 Å². The van der Waals surface area contributed by atoms with Gasteiger partial charge >= 0.3 is 6.18 Å². The molecule has 0 fully saturated rings. The molecule has 1 aromatic rings. The van der Waals surface area contributed by atoms with Gasteiger partial charge in [0.15, 0.2) is 0 Å². The fourth-order valence-electron chi connectivity index (χ4n) is 1.11. The topological polar surface area (TPSA) is 26.3 Å². The van der Waals surface area contributed by atoms with Gasteiger partial charge in [0.05, 0.1) is 6.61 Å². The SMILES string of the molecule is O=C(CCOc1ccccc1)CC(F)(F)F. The number of carbonyl (C=O) groups excluding carboxylic acids is 1. The van der Waals surface area contributed by atoms with Crippen LogP contribution in [0.4, 0.5) is 13.2 Å². The molecule has 1 rings (SSSR count). The van der Waals surface area contributed by atoms with Crippen LogP contribution in [0.5, 0.6) is 5.75 Å². The van der Waals surface area contributed by atoms with Crippen molar-refractivity contribution in [1.82, 2.24) is 0 Å². The van der Waals surface area contributed by atoms with Crippen LogP contribution < -0.4 is 4.74 Å². The van der Waals surface area contributed by atoms with Crippen LogP contribution >= 0.6 is 0 Å². The summed E-state index contributed by atoms with van der Waals surface area (Å²) in [5.41, 5.74) is 0. The molecule has 5 heteroatoms. The minimum absolute atomic E-state index is 0.0288. The highest BCUT2D eigenvalue weighted by Gasteiger charge is 2.30. The molecule has 1 aromatic carbocycles. The normalized spacial score (nSPS) is 11.2. The number of ketones is 1. The smallest absolute Gasteiger partial charge is 0.395 e. The van der Waals surface area contributed by atoms with Crippen molar-refractivity contribution in [3.05, 3.63) is 30.3 Å². The Kier molecular flexibility index (Phi) is 4.34. The van der Waals surface area contributed by atoms with E-state index in [1.54, 1.807) is 30.3 Å². The maximum atomic E-state index is 11.8. The van der Waals surface area contributed by atoms with E-state index in [2.05, 4.69) is 0 Å². The molecule has 0 saturated heterocycles. The molecule has 0 saturated carbocycles. The van der Waals surface area contributed by atoms with Crippen LogP contribution in [0.15, 0.2) is 30.3 Å². The first-order chi connectivity index (χ1) is 7.47. The monoisotopic (exact) mass is 232 g/mol. The highest BCUT2D eigenvalue weighted by Crippen LogP contribution is 2.20. The third-order valence-electron chi connectivity index (χ3n) is 1.79. The first-order valence-corrected chi connectivity index (χ1v) is 4.74. The molecule has 0 amide bonds.